The van der Waals surface area contributed by atoms with Gasteiger partial charge in [0.25, 0.3) is 0 Å². The van der Waals surface area contributed by atoms with Crippen LogP contribution in [-0.4, -0.2) is 6.61 Å². The van der Waals surface area contributed by atoms with Gasteiger partial charge in [0.05, 0.1) is 6.61 Å². The standard InChI is InChI=1S/C15H22O/c1-11-9-13(15(2,3)4)12-7-5-6-8-14(12)16-10-11/h5-8,11,13H,9-10H2,1-4H3. The molecule has 1 aliphatic rings. The van der Waals surface area contributed by atoms with Crippen molar-refractivity contribution in [1.82, 2.24) is 0 Å². The van der Waals surface area contributed by atoms with Gasteiger partial charge >= 0.3 is 0 Å². The van der Waals surface area contributed by atoms with E-state index in [1.165, 1.54) is 12.0 Å². The number of ether oxygens (including phenoxy) is 1. The fourth-order valence-corrected chi connectivity index (χ4v) is 2.55. The van der Waals surface area contributed by atoms with E-state index in [1.54, 1.807) is 0 Å². The molecule has 0 radical (unpaired) electrons. The first-order valence-electron chi connectivity index (χ1n) is 6.20. The summed E-state index contributed by atoms with van der Waals surface area (Å²) in [5, 5.41) is 0. The van der Waals surface area contributed by atoms with Crippen LogP contribution in [0.5, 0.6) is 5.75 Å². The minimum absolute atomic E-state index is 0.304. The van der Waals surface area contributed by atoms with Gasteiger partial charge in [-0.2, -0.15) is 0 Å². The van der Waals surface area contributed by atoms with Crippen molar-refractivity contribution in [3.05, 3.63) is 29.8 Å². The molecule has 88 valence electrons. The van der Waals surface area contributed by atoms with E-state index < -0.39 is 0 Å². The highest BCUT2D eigenvalue weighted by Gasteiger charge is 2.32. The average molecular weight is 218 g/mol. The molecule has 0 N–H and O–H groups in total. The van der Waals surface area contributed by atoms with Crippen LogP contribution in [0.15, 0.2) is 24.3 Å². The second kappa shape index (κ2) is 4.12. The molecule has 1 aromatic carbocycles. The summed E-state index contributed by atoms with van der Waals surface area (Å²) in [4.78, 5) is 0. The molecule has 1 aliphatic heterocycles. The van der Waals surface area contributed by atoms with E-state index in [2.05, 4.69) is 52.0 Å². The normalized spacial score (nSPS) is 25.5. The third kappa shape index (κ3) is 2.23. The van der Waals surface area contributed by atoms with Crippen LogP contribution in [0.25, 0.3) is 0 Å². The fraction of sp³-hybridized carbons (Fsp3) is 0.600. The van der Waals surface area contributed by atoms with Crippen LogP contribution in [0.1, 0.15) is 45.6 Å². The Kier molecular flexibility index (Phi) is 2.96. The predicted octanol–water partition coefficient (Wildman–Crippen LogP) is 4.23. The Bertz CT molecular complexity index is 362. The van der Waals surface area contributed by atoms with Crippen molar-refractivity contribution in [2.45, 2.75) is 40.0 Å². The molecule has 1 heterocycles. The Morgan fingerprint density at radius 2 is 1.88 bits per heavy atom. The summed E-state index contributed by atoms with van der Waals surface area (Å²) in [6.45, 7) is 10.1. The maximum absolute atomic E-state index is 5.89. The Morgan fingerprint density at radius 1 is 1.19 bits per heavy atom. The average Bonchev–Trinajstić information content (AvgIpc) is 2.38. The molecule has 0 aromatic heterocycles. The van der Waals surface area contributed by atoms with Gasteiger partial charge in [0, 0.05) is 0 Å². The molecule has 2 unspecified atom stereocenters. The van der Waals surface area contributed by atoms with Crippen LogP contribution < -0.4 is 4.74 Å². The van der Waals surface area contributed by atoms with Crippen molar-refractivity contribution < 1.29 is 4.74 Å². The van der Waals surface area contributed by atoms with Gasteiger partial charge < -0.3 is 4.74 Å². The molecule has 1 nitrogen and oxygen atoms in total. The second-order valence-corrected chi connectivity index (χ2v) is 6.11. The van der Waals surface area contributed by atoms with E-state index in [0.717, 1.165) is 12.4 Å². The summed E-state index contributed by atoms with van der Waals surface area (Å²) in [6, 6.07) is 8.51. The van der Waals surface area contributed by atoms with Crippen molar-refractivity contribution in [3.63, 3.8) is 0 Å². The van der Waals surface area contributed by atoms with Gasteiger partial charge in [0.15, 0.2) is 0 Å². The van der Waals surface area contributed by atoms with E-state index >= 15 is 0 Å². The SMILES string of the molecule is CC1COc2ccccc2C(C(C)(C)C)C1. The van der Waals surface area contributed by atoms with Crippen LogP contribution in [0, 0.1) is 11.3 Å². The van der Waals surface area contributed by atoms with Crippen LogP contribution in [0.3, 0.4) is 0 Å². The molecule has 2 rings (SSSR count). The number of hydrogen-bond acceptors (Lipinski definition) is 1. The lowest BCUT2D eigenvalue weighted by atomic mass is 9.72. The van der Waals surface area contributed by atoms with Gasteiger partial charge in [-0.25, -0.2) is 0 Å². The quantitative estimate of drug-likeness (QED) is 0.633. The first kappa shape index (κ1) is 11.5. The molecular weight excluding hydrogens is 196 g/mol. The van der Waals surface area contributed by atoms with Crippen molar-refractivity contribution in [1.29, 1.82) is 0 Å². The van der Waals surface area contributed by atoms with Crippen LogP contribution in [-0.2, 0) is 0 Å². The summed E-state index contributed by atoms with van der Waals surface area (Å²) >= 11 is 0. The van der Waals surface area contributed by atoms with Crippen molar-refractivity contribution in [2.75, 3.05) is 6.61 Å². The first-order valence-corrected chi connectivity index (χ1v) is 6.20. The van der Waals surface area contributed by atoms with E-state index in [-0.39, 0.29) is 0 Å². The smallest absolute Gasteiger partial charge is 0.122 e. The van der Waals surface area contributed by atoms with Gasteiger partial charge in [-0.15, -0.1) is 0 Å². The fourth-order valence-electron chi connectivity index (χ4n) is 2.55. The maximum Gasteiger partial charge on any atom is 0.122 e. The van der Waals surface area contributed by atoms with E-state index in [0.29, 0.717) is 17.3 Å². The number of fused-ring (bicyclic) bond motifs is 1. The Balaban J connectivity index is 2.43. The Hall–Kier alpha value is -0.980. The number of hydrogen-bond donors (Lipinski definition) is 0. The molecule has 0 bridgehead atoms. The number of benzene rings is 1. The molecular formula is C15H22O. The minimum atomic E-state index is 0.304. The molecule has 0 amide bonds. The number of rotatable bonds is 0. The van der Waals surface area contributed by atoms with Crippen molar-refractivity contribution in [3.8, 4) is 5.75 Å². The maximum atomic E-state index is 5.89. The molecule has 1 heteroatoms. The minimum Gasteiger partial charge on any atom is -0.493 e. The lowest BCUT2D eigenvalue weighted by Gasteiger charge is -2.31. The van der Waals surface area contributed by atoms with Gasteiger partial charge in [-0.1, -0.05) is 45.9 Å². The third-order valence-electron chi connectivity index (χ3n) is 3.50. The molecule has 0 fully saturated rings. The molecule has 2 atom stereocenters. The molecule has 0 aliphatic carbocycles. The largest absolute Gasteiger partial charge is 0.493 e. The van der Waals surface area contributed by atoms with Gasteiger partial charge in [0.2, 0.25) is 0 Å². The van der Waals surface area contributed by atoms with E-state index in [4.69, 9.17) is 4.74 Å². The topological polar surface area (TPSA) is 9.23 Å². The van der Waals surface area contributed by atoms with Crippen molar-refractivity contribution in [2.24, 2.45) is 11.3 Å². The van der Waals surface area contributed by atoms with Gasteiger partial charge in [-0.3, -0.25) is 0 Å². The summed E-state index contributed by atoms with van der Waals surface area (Å²) in [5.74, 6) is 2.32. The zero-order chi connectivity index (χ0) is 11.8. The highest BCUT2D eigenvalue weighted by molar-refractivity contribution is 5.38. The highest BCUT2D eigenvalue weighted by atomic mass is 16.5. The second-order valence-electron chi connectivity index (χ2n) is 6.11. The lowest BCUT2D eigenvalue weighted by molar-refractivity contribution is 0.238. The lowest BCUT2D eigenvalue weighted by Crippen LogP contribution is -2.20. The van der Waals surface area contributed by atoms with Gasteiger partial charge in [0.1, 0.15) is 5.75 Å². The summed E-state index contributed by atoms with van der Waals surface area (Å²) in [7, 11) is 0. The van der Waals surface area contributed by atoms with E-state index in [9.17, 15) is 0 Å². The summed E-state index contributed by atoms with van der Waals surface area (Å²) < 4.78 is 5.89. The summed E-state index contributed by atoms with van der Waals surface area (Å²) in [5.41, 5.74) is 1.69. The summed E-state index contributed by atoms with van der Waals surface area (Å²) in [6.07, 6.45) is 1.22. The van der Waals surface area contributed by atoms with Crippen LogP contribution in [0.4, 0.5) is 0 Å². The number of para-hydroxylation sites is 1. The highest BCUT2D eigenvalue weighted by Crippen LogP contribution is 2.44. The molecule has 0 saturated carbocycles. The predicted molar refractivity (Wildman–Crippen MR) is 67.9 cm³/mol. The molecule has 16 heavy (non-hydrogen) atoms. The van der Waals surface area contributed by atoms with E-state index in [1.807, 2.05) is 0 Å². The zero-order valence-corrected chi connectivity index (χ0v) is 10.8. The first-order chi connectivity index (χ1) is 7.48. The Labute approximate surface area is 98.8 Å². The van der Waals surface area contributed by atoms with Crippen LogP contribution >= 0.6 is 0 Å². The molecule has 0 spiro atoms. The monoisotopic (exact) mass is 218 g/mol. The van der Waals surface area contributed by atoms with Gasteiger partial charge in [-0.05, 0) is 35.3 Å². The van der Waals surface area contributed by atoms with Crippen LogP contribution in [0.2, 0.25) is 0 Å². The molecule has 1 aromatic rings. The third-order valence-corrected chi connectivity index (χ3v) is 3.50. The molecule has 0 saturated heterocycles. The zero-order valence-electron chi connectivity index (χ0n) is 10.8. The van der Waals surface area contributed by atoms with Crippen molar-refractivity contribution >= 4 is 0 Å². The Morgan fingerprint density at radius 3 is 2.56 bits per heavy atom.